The highest BCUT2D eigenvalue weighted by molar-refractivity contribution is 6.09. The van der Waals surface area contributed by atoms with Crippen LogP contribution in [0.2, 0.25) is 0 Å². The molecule has 0 atom stereocenters. The summed E-state index contributed by atoms with van der Waals surface area (Å²) in [5.41, 5.74) is 7.77. The third-order valence-corrected chi connectivity index (χ3v) is 4.20. The van der Waals surface area contributed by atoms with Gasteiger partial charge in [-0.3, -0.25) is 9.59 Å². The van der Waals surface area contributed by atoms with Gasteiger partial charge in [0.05, 0.1) is 11.3 Å². The number of carbonyl (C=O) groups is 2. The molecule has 0 aliphatic carbocycles. The molecule has 1 aliphatic heterocycles. The fourth-order valence-corrected chi connectivity index (χ4v) is 2.92. The van der Waals surface area contributed by atoms with Crippen LogP contribution >= 0.6 is 0 Å². The first kappa shape index (κ1) is 16.1. The number of likely N-dealkylation sites (tertiary alicyclic amines) is 1. The van der Waals surface area contributed by atoms with E-state index < -0.39 is 0 Å². The number of amides is 2. The quantitative estimate of drug-likeness (QED) is 0.852. The Kier molecular flexibility index (Phi) is 4.79. The van der Waals surface area contributed by atoms with Gasteiger partial charge in [-0.05, 0) is 49.6 Å². The zero-order valence-corrected chi connectivity index (χ0v) is 13.5. The van der Waals surface area contributed by atoms with Crippen molar-refractivity contribution >= 4 is 23.2 Å². The number of hydrogen-bond acceptors (Lipinski definition) is 3. The molecule has 5 nitrogen and oxygen atoms in total. The molecule has 2 aromatic rings. The lowest BCUT2D eigenvalue weighted by Crippen LogP contribution is -2.36. The molecule has 1 fully saturated rings. The average molecular weight is 323 g/mol. The van der Waals surface area contributed by atoms with E-state index in [2.05, 4.69) is 5.32 Å². The van der Waals surface area contributed by atoms with E-state index in [1.165, 1.54) is 0 Å². The Balaban J connectivity index is 1.81. The number of nitrogens with two attached hydrogens (primary N) is 1. The van der Waals surface area contributed by atoms with Gasteiger partial charge in [0.2, 0.25) is 0 Å². The molecule has 2 aromatic carbocycles. The highest BCUT2D eigenvalue weighted by Gasteiger charge is 2.21. The van der Waals surface area contributed by atoms with E-state index in [4.69, 9.17) is 5.73 Å². The maximum atomic E-state index is 12.7. The summed E-state index contributed by atoms with van der Waals surface area (Å²) in [5, 5.41) is 2.83. The summed E-state index contributed by atoms with van der Waals surface area (Å²) in [6, 6.07) is 13.9. The molecule has 0 radical (unpaired) electrons. The Morgan fingerprint density at radius 3 is 2.46 bits per heavy atom. The molecular formula is C19H21N3O2. The molecule has 0 bridgehead atoms. The minimum Gasteiger partial charge on any atom is -0.399 e. The Morgan fingerprint density at radius 1 is 0.958 bits per heavy atom. The van der Waals surface area contributed by atoms with Crippen LogP contribution in [0, 0.1) is 0 Å². The molecule has 124 valence electrons. The van der Waals surface area contributed by atoms with Gasteiger partial charge in [0, 0.05) is 24.3 Å². The first-order valence-electron chi connectivity index (χ1n) is 8.20. The van der Waals surface area contributed by atoms with Crippen LogP contribution < -0.4 is 11.1 Å². The standard InChI is InChI=1S/C19H21N3O2/c20-15-8-6-7-14(13-15)18(23)21-17-10-3-2-9-16(17)19(24)22-11-4-1-5-12-22/h2-3,6-10,13H,1,4-5,11-12,20H2,(H,21,23). The number of para-hydroxylation sites is 1. The lowest BCUT2D eigenvalue weighted by Gasteiger charge is -2.27. The molecule has 3 rings (SSSR count). The molecule has 2 amide bonds. The van der Waals surface area contributed by atoms with Crippen LogP contribution in [0.4, 0.5) is 11.4 Å². The average Bonchev–Trinajstić information content (AvgIpc) is 2.62. The lowest BCUT2D eigenvalue weighted by atomic mass is 10.1. The van der Waals surface area contributed by atoms with Gasteiger partial charge in [0.15, 0.2) is 0 Å². The van der Waals surface area contributed by atoms with E-state index >= 15 is 0 Å². The van der Waals surface area contributed by atoms with Crippen LogP contribution in [0.5, 0.6) is 0 Å². The molecule has 0 aromatic heterocycles. The minimum atomic E-state index is -0.277. The lowest BCUT2D eigenvalue weighted by molar-refractivity contribution is 0.0725. The summed E-state index contributed by atoms with van der Waals surface area (Å²) in [6.45, 7) is 1.55. The van der Waals surface area contributed by atoms with Crippen LogP contribution in [0.1, 0.15) is 40.0 Å². The topological polar surface area (TPSA) is 75.4 Å². The second-order valence-electron chi connectivity index (χ2n) is 5.98. The van der Waals surface area contributed by atoms with Gasteiger partial charge in [-0.15, -0.1) is 0 Å². The second-order valence-corrected chi connectivity index (χ2v) is 5.98. The first-order chi connectivity index (χ1) is 11.6. The van der Waals surface area contributed by atoms with Crippen LogP contribution in [0.15, 0.2) is 48.5 Å². The van der Waals surface area contributed by atoms with Gasteiger partial charge >= 0.3 is 0 Å². The first-order valence-corrected chi connectivity index (χ1v) is 8.20. The second kappa shape index (κ2) is 7.17. The van der Waals surface area contributed by atoms with Gasteiger partial charge in [-0.2, -0.15) is 0 Å². The predicted octanol–water partition coefficient (Wildman–Crippen LogP) is 3.15. The molecule has 0 spiro atoms. The number of hydrogen-bond donors (Lipinski definition) is 2. The van der Waals surface area contributed by atoms with Gasteiger partial charge in [0.25, 0.3) is 11.8 Å². The summed E-state index contributed by atoms with van der Waals surface area (Å²) in [4.78, 5) is 27.0. The van der Waals surface area contributed by atoms with E-state index in [0.29, 0.717) is 22.5 Å². The van der Waals surface area contributed by atoms with Gasteiger partial charge < -0.3 is 16.0 Å². The number of benzene rings is 2. The summed E-state index contributed by atoms with van der Waals surface area (Å²) >= 11 is 0. The largest absolute Gasteiger partial charge is 0.399 e. The Labute approximate surface area is 141 Å². The Bertz CT molecular complexity index is 752. The smallest absolute Gasteiger partial charge is 0.255 e. The van der Waals surface area contributed by atoms with Gasteiger partial charge in [0.1, 0.15) is 0 Å². The van der Waals surface area contributed by atoms with E-state index in [9.17, 15) is 9.59 Å². The van der Waals surface area contributed by atoms with Crippen molar-refractivity contribution in [2.45, 2.75) is 19.3 Å². The van der Waals surface area contributed by atoms with E-state index in [1.807, 2.05) is 17.0 Å². The van der Waals surface area contributed by atoms with Gasteiger partial charge in [-0.25, -0.2) is 0 Å². The molecular weight excluding hydrogens is 302 g/mol. The van der Waals surface area contributed by atoms with Crippen molar-refractivity contribution < 1.29 is 9.59 Å². The van der Waals surface area contributed by atoms with Crippen LogP contribution in [-0.4, -0.2) is 29.8 Å². The Hall–Kier alpha value is -2.82. The Morgan fingerprint density at radius 2 is 1.71 bits per heavy atom. The highest BCUT2D eigenvalue weighted by Crippen LogP contribution is 2.21. The maximum Gasteiger partial charge on any atom is 0.255 e. The number of nitrogens with zero attached hydrogens (tertiary/aromatic N) is 1. The SMILES string of the molecule is Nc1cccc(C(=O)Nc2ccccc2C(=O)N2CCCCC2)c1. The zero-order chi connectivity index (χ0) is 16.9. The number of rotatable bonds is 3. The molecule has 1 heterocycles. The summed E-state index contributed by atoms with van der Waals surface area (Å²) in [6.07, 6.45) is 3.23. The fourth-order valence-electron chi connectivity index (χ4n) is 2.92. The number of anilines is 2. The molecule has 0 unspecified atom stereocenters. The highest BCUT2D eigenvalue weighted by atomic mass is 16.2. The van der Waals surface area contributed by atoms with Crippen molar-refractivity contribution in [1.82, 2.24) is 4.90 Å². The molecule has 1 saturated heterocycles. The van der Waals surface area contributed by atoms with E-state index in [0.717, 1.165) is 32.4 Å². The zero-order valence-electron chi connectivity index (χ0n) is 13.5. The summed E-state index contributed by atoms with van der Waals surface area (Å²) < 4.78 is 0. The minimum absolute atomic E-state index is 0.0295. The van der Waals surface area contributed by atoms with E-state index in [-0.39, 0.29) is 11.8 Å². The van der Waals surface area contributed by atoms with Crippen molar-refractivity contribution in [3.63, 3.8) is 0 Å². The number of nitrogens with one attached hydrogen (secondary N) is 1. The van der Waals surface area contributed by atoms with Crippen LogP contribution in [0.25, 0.3) is 0 Å². The van der Waals surface area contributed by atoms with Crippen molar-refractivity contribution in [2.24, 2.45) is 0 Å². The number of piperidine rings is 1. The van der Waals surface area contributed by atoms with Crippen LogP contribution in [0.3, 0.4) is 0 Å². The fraction of sp³-hybridized carbons (Fsp3) is 0.263. The maximum absolute atomic E-state index is 12.7. The molecule has 1 aliphatic rings. The van der Waals surface area contributed by atoms with E-state index in [1.54, 1.807) is 36.4 Å². The number of nitrogen functional groups attached to an aromatic ring is 1. The molecule has 5 heteroatoms. The molecule has 0 saturated carbocycles. The van der Waals surface area contributed by atoms with Gasteiger partial charge in [-0.1, -0.05) is 18.2 Å². The van der Waals surface area contributed by atoms with Crippen molar-refractivity contribution in [2.75, 3.05) is 24.1 Å². The van der Waals surface area contributed by atoms with Crippen molar-refractivity contribution in [3.8, 4) is 0 Å². The molecule has 3 N–H and O–H groups in total. The monoisotopic (exact) mass is 323 g/mol. The van der Waals surface area contributed by atoms with Crippen molar-refractivity contribution in [1.29, 1.82) is 0 Å². The van der Waals surface area contributed by atoms with Crippen molar-refractivity contribution in [3.05, 3.63) is 59.7 Å². The third-order valence-electron chi connectivity index (χ3n) is 4.20. The predicted molar refractivity (Wildman–Crippen MR) is 95.0 cm³/mol. The third kappa shape index (κ3) is 3.56. The summed E-state index contributed by atoms with van der Waals surface area (Å²) in [7, 11) is 0. The molecule has 24 heavy (non-hydrogen) atoms. The number of carbonyl (C=O) groups excluding carboxylic acids is 2. The van der Waals surface area contributed by atoms with Crippen LogP contribution in [-0.2, 0) is 0 Å². The summed E-state index contributed by atoms with van der Waals surface area (Å²) in [5.74, 6) is -0.306. The normalized spacial score (nSPS) is 14.2.